The summed E-state index contributed by atoms with van der Waals surface area (Å²) in [4.78, 5) is 4.46. The third kappa shape index (κ3) is 1.89. The number of fused-ring (bicyclic) bond motifs is 1. The van der Waals surface area contributed by atoms with Crippen LogP contribution >= 0.6 is 0 Å². The molecule has 1 N–H and O–H groups in total. The Kier molecular flexibility index (Phi) is 2.73. The lowest BCUT2D eigenvalue weighted by Gasteiger charge is -2.24. The highest BCUT2D eigenvalue weighted by Crippen LogP contribution is 2.25. The SMILES string of the molecule is COc1ccc2c(c1)ncn2C1CCCNC1. The highest BCUT2D eigenvalue weighted by molar-refractivity contribution is 5.77. The predicted molar refractivity (Wildman–Crippen MR) is 67.4 cm³/mol. The van der Waals surface area contributed by atoms with Crippen LogP contribution in [0.25, 0.3) is 11.0 Å². The number of hydrogen-bond acceptors (Lipinski definition) is 3. The van der Waals surface area contributed by atoms with Gasteiger partial charge in [0.05, 0.1) is 24.5 Å². The van der Waals surface area contributed by atoms with Crippen molar-refractivity contribution in [1.29, 1.82) is 0 Å². The van der Waals surface area contributed by atoms with Gasteiger partial charge in [0.2, 0.25) is 0 Å². The Morgan fingerprint density at radius 2 is 2.41 bits per heavy atom. The molecule has 0 radical (unpaired) electrons. The van der Waals surface area contributed by atoms with Gasteiger partial charge < -0.3 is 14.6 Å². The van der Waals surface area contributed by atoms with Gasteiger partial charge in [0.15, 0.2) is 0 Å². The second-order valence-corrected chi connectivity index (χ2v) is 4.51. The van der Waals surface area contributed by atoms with Gasteiger partial charge in [-0.15, -0.1) is 0 Å². The van der Waals surface area contributed by atoms with E-state index in [9.17, 15) is 0 Å². The molecule has 1 aliphatic rings. The Bertz CT molecular complexity index is 514. The molecule has 1 saturated heterocycles. The van der Waals surface area contributed by atoms with Crippen LogP contribution in [0.4, 0.5) is 0 Å². The first kappa shape index (κ1) is 10.6. The highest BCUT2D eigenvalue weighted by atomic mass is 16.5. The zero-order valence-electron chi connectivity index (χ0n) is 10.0. The number of rotatable bonds is 2. The molecule has 1 fully saturated rings. The summed E-state index contributed by atoms with van der Waals surface area (Å²) in [6.45, 7) is 2.18. The van der Waals surface area contributed by atoms with Crippen LogP contribution in [0.3, 0.4) is 0 Å². The van der Waals surface area contributed by atoms with E-state index < -0.39 is 0 Å². The third-order valence-corrected chi connectivity index (χ3v) is 3.45. The zero-order chi connectivity index (χ0) is 11.7. The topological polar surface area (TPSA) is 39.1 Å². The molecule has 1 aliphatic heterocycles. The number of nitrogens with zero attached hydrogens (tertiary/aromatic N) is 2. The molecule has 1 aromatic heterocycles. The summed E-state index contributed by atoms with van der Waals surface area (Å²) in [7, 11) is 1.68. The van der Waals surface area contributed by atoms with Crippen LogP contribution in [0.15, 0.2) is 24.5 Å². The second-order valence-electron chi connectivity index (χ2n) is 4.51. The van der Waals surface area contributed by atoms with Crippen molar-refractivity contribution in [3.05, 3.63) is 24.5 Å². The Labute approximate surface area is 101 Å². The zero-order valence-corrected chi connectivity index (χ0v) is 10.0. The molecule has 0 aliphatic carbocycles. The standard InChI is InChI=1S/C13H17N3O/c1-17-11-4-5-13-12(7-11)15-9-16(13)10-3-2-6-14-8-10/h4-5,7,9-10,14H,2-3,6,8H2,1H3. The van der Waals surface area contributed by atoms with Gasteiger partial charge in [-0.05, 0) is 31.5 Å². The van der Waals surface area contributed by atoms with Gasteiger partial charge in [-0.1, -0.05) is 0 Å². The summed E-state index contributed by atoms with van der Waals surface area (Å²) in [5.74, 6) is 0.865. The lowest BCUT2D eigenvalue weighted by Crippen LogP contribution is -2.31. The molecule has 2 heterocycles. The van der Waals surface area contributed by atoms with Crippen molar-refractivity contribution < 1.29 is 4.74 Å². The number of imidazole rings is 1. The summed E-state index contributed by atoms with van der Waals surface area (Å²) in [5, 5.41) is 3.44. The smallest absolute Gasteiger partial charge is 0.121 e. The predicted octanol–water partition coefficient (Wildman–Crippen LogP) is 1.97. The highest BCUT2D eigenvalue weighted by Gasteiger charge is 2.16. The second kappa shape index (κ2) is 4.37. The number of hydrogen-bond donors (Lipinski definition) is 1. The van der Waals surface area contributed by atoms with Crippen LogP contribution in [-0.4, -0.2) is 29.8 Å². The van der Waals surface area contributed by atoms with Gasteiger partial charge in [0.1, 0.15) is 5.75 Å². The lowest BCUT2D eigenvalue weighted by molar-refractivity contribution is 0.378. The van der Waals surface area contributed by atoms with E-state index in [0.29, 0.717) is 6.04 Å². The number of aromatic nitrogens is 2. The minimum Gasteiger partial charge on any atom is -0.497 e. The van der Waals surface area contributed by atoms with Crippen LogP contribution in [0.2, 0.25) is 0 Å². The first-order valence-electron chi connectivity index (χ1n) is 6.10. The fourth-order valence-electron chi connectivity index (χ4n) is 2.50. The van der Waals surface area contributed by atoms with Crippen molar-refractivity contribution in [3.8, 4) is 5.75 Å². The van der Waals surface area contributed by atoms with Crippen LogP contribution < -0.4 is 10.1 Å². The molecule has 1 atom stereocenters. The van der Waals surface area contributed by atoms with E-state index >= 15 is 0 Å². The Hall–Kier alpha value is -1.55. The van der Waals surface area contributed by atoms with Gasteiger partial charge in [-0.2, -0.15) is 0 Å². The molecular weight excluding hydrogens is 214 g/mol. The molecule has 17 heavy (non-hydrogen) atoms. The van der Waals surface area contributed by atoms with E-state index in [-0.39, 0.29) is 0 Å². The van der Waals surface area contributed by atoms with E-state index in [1.165, 1.54) is 18.4 Å². The number of ether oxygens (including phenoxy) is 1. The summed E-state index contributed by atoms with van der Waals surface area (Å²) in [6.07, 6.45) is 4.41. The molecule has 90 valence electrons. The minimum atomic E-state index is 0.530. The molecule has 0 amide bonds. The normalized spacial score (nSPS) is 20.6. The number of methoxy groups -OCH3 is 1. The molecular formula is C13H17N3O. The molecule has 0 bridgehead atoms. The largest absolute Gasteiger partial charge is 0.497 e. The van der Waals surface area contributed by atoms with Crippen molar-refractivity contribution in [2.45, 2.75) is 18.9 Å². The first-order valence-corrected chi connectivity index (χ1v) is 6.10. The van der Waals surface area contributed by atoms with Crippen LogP contribution in [0.1, 0.15) is 18.9 Å². The van der Waals surface area contributed by atoms with E-state index in [1.54, 1.807) is 7.11 Å². The van der Waals surface area contributed by atoms with Crippen molar-refractivity contribution in [2.24, 2.45) is 0 Å². The third-order valence-electron chi connectivity index (χ3n) is 3.45. The van der Waals surface area contributed by atoms with E-state index in [0.717, 1.165) is 24.4 Å². The van der Waals surface area contributed by atoms with Gasteiger partial charge in [-0.25, -0.2) is 4.98 Å². The average Bonchev–Trinajstić information content (AvgIpc) is 2.82. The average molecular weight is 231 g/mol. The van der Waals surface area contributed by atoms with Crippen molar-refractivity contribution in [2.75, 3.05) is 20.2 Å². The number of nitrogens with one attached hydrogen (secondary N) is 1. The molecule has 0 saturated carbocycles. The number of piperidine rings is 1. The van der Waals surface area contributed by atoms with E-state index in [1.807, 2.05) is 18.5 Å². The summed E-state index contributed by atoms with van der Waals surface area (Å²) < 4.78 is 7.49. The molecule has 4 nitrogen and oxygen atoms in total. The Morgan fingerprint density at radius 1 is 1.47 bits per heavy atom. The molecule has 4 heteroatoms. The maximum absolute atomic E-state index is 5.22. The number of benzene rings is 1. The van der Waals surface area contributed by atoms with Gasteiger partial charge in [0, 0.05) is 18.7 Å². The first-order chi connectivity index (χ1) is 8.38. The summed E-state index contributed by atoms with van der Waals surface area (Å²) in [5.41, 5.74) is 2.20. The molecule has 1 aromatic carbocycles. The van der Waals surface area contributed by atoms with Crippen LogP contribution in [-0.2, 0) is 0 Å². The lowest BCUT2D eigenvalue weighted by atomic mass is 10.1. The van der Waals surface area contributed by atoms with Crippen molar-refractivity contribution in [1.82, 2.24) is 14.9 Å². The van der Waals surface area contributed by atoms with Gasteiger partial charge >= 0.3 is 0 Å². The van der Waals surface area contributed by atoms with Crippen molar-refractivity contribution in [3.63, 3.8) is 0 Å². The van der Waals surface area contributed by atoms with E-state index in [2.05, 4.69) is 20.9 Å². The minimum absolute atomic E-state index is 0.530. The Balaban J connectivity index is 1.99. The fraction of sp³-hybridized carbons (Fsp3) is 0.462. The summed E-state index contributed by atoms with van der Waals surface area (Å²) in [6, 6.07) is 6.61. The molecule has 3 rings (SSSR count). The fourth-order valence-corrected chi connectivity index (χ4v) is 2.50. The van der Waals surface area contributed by atoms with Gasteiger partial charge in [-0.3, -0.25) is 0 Å². The quantitative estimate of drug-likeness (QED) is 0.859. The molecule has 1 unspecified atom stereocenters. The van der Waals surface area contributed by atoms with Gasteiger partial charge in [0.25, 0.3) is 0 Å². The van der Waals surface area contributed by atoms with Crippen LogP contribution in [0, 0.1) is 0 Å². The molecule has 0 spiro atoms. The Morgan fingerprint density at radius 3 is 3.18 bits per heavy atom. The maximum Gasteiger partial charge on any atom is 0.121 e. The van der Waals surface area contributed by atoms with E-state index in [4.69, 9.17) is 4.74 Å². The van der Waals surface area contributed by atoms with Crippen LogP contribution in [0.5, 0.6) is 5.75 Å². The maximum atomic E-state index is 5.22. The summed E-state index contributed by atoms with van der Waals surface area (Å²) >= 11 is 0. The van der Waals surface area contributed by atoms with Crippen molar-refractivity contribution >= 4 is 11.0 Å². The monoisotopic (exact) mass is 231 g/mol. The molecule has 2 aromatic rings.